The summed E-state index contributed by atoms with van der Waals surface area (Å²) in [5.41, 5.74) is 0. The minimum atomic E-state index is -3.53. The molecule has 0 amide bonds. The zero-order chi connectivity index (χ0) is 13.2. The first-order valence-electron chi connectivity index (χ1n) is 5.46. The van der Waals surface area contributed by atoms with Crippen molar-refractivity contribution in [3.05, 3.63) is 16.7 Å². The second-order valence-electron chi connectivity index (χ2n) is 3.93. The molecule has 100 valence electrons. The van der Waals surface area contributed by atoms with Gasteiger partial charge in [0.2, 0.25) is 10.0 Å². The fraction of sp³-hybridized carbons (Fsp3) is 0.500. The summed E-state index contributed by atoms with van der Waals surface area (Å²) >= 11 is 5.01. The smallest absolute Gasteiger partial charge is 0.244 e. The molecule has 0 aliphatic carbocycles. The number of aromatic nitrogens is 1. The maximum absolute atomic E-state index is 12.3. The van der Waals surface area contributed by atoms with Crippen LogP contribution in [0.5, 0.6) is 0 Å². The number of pyridine rings is 1. The first-order valence-corrected chi connectivity index (χ1v) is 8.89. The summed E-state index contributed by atoms with van der Waals surface area (Å²) in [5, 5.41) is 2.80. The number of nitrogens with one attached hydrogen (secondary N) is 2. The lowest BCUT2D eigenvalue weighted by Crippen LogP contribution is -2.35. The Bertz CT molecular complexity index is 530. The van der Waals surface area contributed by atoms with Crippen molar-refractivity contribution >= 4 is 43.5 Å². The Morgan fingerprint density at radius 3 is 2.94 bits per heavy atom. The molecule has 1 aliphatic heterocycles. The van der Waals surface area contributed by atoms with E-state index in [9.17, 15) is 8.42 Å². The molecular weight excluding hydrogens is 338 g/mol. The normalized spacial score (nSPS) is 20.0. The fourth-order valence-electron chi connectivity index (χ4n) is 1.72. The molecule has 1 atom stereocenters. The van der Waals surface area contributed by atoms with Crippen LogP contribution in [0.25, 0.3) is 0 Å². The SMILES string of the molecule is CNc1ncc(Br)cc1S(=O)(=O)NC1CCSC1. The number of halogens is 1. The van der Waals surface area contributed by atoms with Gasteiger partial charge in [0, 0.05) is 29.5 Å². The number of rotatable bonds is 4. The van der Waals surface area contributed by atoms with E-state index in [0.717, 1.165) is 17.9 Å². The third-order valence-electron chi connectivity index (χ3n) is 2.60. The van der Waals surface area contributed by atoms with E-state index in [4.69, 9.17) is 0 Å². The molecule has 2 heterocycles. The maximum atomic E-state index is 12.3. The fourth-order valence-corrected chi connectivity index (χ4v) is 4.92. The van der Waals surface area contributed by atoms with Gasteiger partial charge in [-0.25, -0.2) is 18.1 Å². The predicted molar refractivity (Wildman–Crippen MR) is 77.5 cm³/mol. The van der Waals surface area contributed by atoms with Gasteiger partial charge in [-0.05, 0) is 34.2 Å². The van der Waals surface area contributed by atoms with Crippen LogP contribution in [0.2, 0.25) is 0 Å². The monoisotopic (exact) mass is 351 g/mol. The van der Waals surface area contributed by atoms with Gasteiger partial charge in [0.05, 0.1) is 0 Å². The number of hydrogen-bond acceptors (Lipinski definition) is 5. The Morgan fingerprint density at radius 2 is 2.33 bits per heavy atom. The van der Waals surface area contributed by atoms with Crippen LogP contribution < -0.4 is 10.0 Å². The zero-order valence-electron chi connectivity index (χ0n) is 9.81. The van der Waals surface area contributed by atoms with Crippen LogP contribution in [0.1, 0.15) is 6.42 Å². The lowest BCUT2D eigenvalue weighted by molar-refractivity contribution is 0.563. The van der Waals surface area contributed by atoms with Crippen LogP contribution in [-0.2, 0) is 10.0 Å². The summed E-state index contributed by atoms with van der Waals surface area (Å²) in [6.45, 7) is 0. The molecule has 2 N–H and O–H groups in total. The van der Waals surface area contributed by atoms with Gasteiger partial charge in [0.1, 0.15) is 10.7 Å². The summed E-state index contributed by atoms with van der Waals surface area (Å²) in [6, 6.07) is 1.58. The Hall–Kier alpha value is -0.310. The van der Waals surface area contributed by atoms with Crippen molar-refractivity contribution < 1.29 is 8.42 Å². The summed E-state index contributed by atoms with van der Waals surface area (Å²) in [5.74, 6) is 2.19. The van der Waals surface area contributed by atoms with Crippen LogP contribution in [0.4, 0.5) is 5.82 Å². The molecule has 1 aliphatic rings. The molecule has 18 heavy (non-hydrogen) atoms. The molecule has 1 saturated heterocycles. The molecule has 1 aromatic heterocycles. The average molecular weight is 352 g/mol. The van der Waals surface area contributed by atoms with E-state index in [1.54, 1.807) is 31.1 Å². The highest BCUT2D eigenvalue weighted by Crippen LogP contribution is 2.24. The van der Waals surface area contributed by atoms with E-state index in [-0.39, 0.29) is 10.9 Å². The number of sulfonamides is 1. The van der Waals surface area contributed by atoms with E-state index < -0.39 is 10.0 Å². The summed E-state index contributed by atoms with van der Waals surface area (Å²) in [7, 11) is -1.87. The third-order valence-corrected chi connectivity index (χ3v) is 5.73. The van der Waals surface area contributed by atoms with E-state index in [2.05, 4.69) is 31.0 Å². The van der Waals surface area contributed by atoms with Gasteiger partial charge in [-0.3, -0.25) is 0 Å². The lowest BCUT2D eigenvalue weighted by Gasteiger charge is -2.14. The van der Waals surface area contributed by atoms with Crippen molar-refractivity contribution in [2.75, 3.05) is 23.9 Å². The minimum Gasteiger partial charge on any atom is -0.372 e. The van der Waals surface area contributed by atoms with Gasteiger partial charge in [-0.15, -0.1) is 0 Å². The molecule has 0 radical (unpaired) electrons. The van der Waals surface area contributed by atoms with Crippen molar-refractivity contribution in [3.8, 4) is 0 Å². The van der Waals surface area contributed by atoms with Crippen LogP contribution in [0.3, 0.4) is 0 Å². The molecular formula is C10H14BrN3O2S2. The van der Waals surface area contributed by atoms with Crippen LogP contribution in [0.15, 0.2) is 21.6 Å². The van der Waals surface area contributed by atoms with E-state index in [1.165, 1.54) is 0 Å². The van der Waals surface area contributed by atoms with Gasteiger partial charge in [-0.1, -0.05) is 0 Å². The summed E-state index contributed by atoms with van der Waals surface area (Å²) in [6.07, 6.45) is 2.44. The molecule has 1 aromatic rings. The van der Waals surface area contributed by atoms with Gasteiger partial charge in [0.15, 0.2) is 0 Å². The van der Waals surface area contributed by atoms with E-state index >= 15 is 0 Å². The highest BCUT2D eigenvalue weighted by molar-refractivity contribution is 9.10. The van der Waals surface area contributed by atoms with Crippen molar-refractivity contribution in [2.24, 2.45) is 0 Å². The van der Waals surface area contributed by atoms with Crippen molar-refractivity contribution in [1.29, 1.82) is 0 Å². The molecule has 0 spiro atoms. The molecule has 1 unspecified atom stereocenters. The largest absolute Gasteiger partial charge is 0.372 e. The van der Waals surface area contributed by atoms with Crippen LogP contribution in [0, 0.1) is 0 Å². The van der Waals surface area contributed by atoms with Gasteiger partial charge in [-0.2, -0.15) is 11.8 Å². The molecule has 0 bridgehead atoms. The average Bonchev–Trinajstić information content (AvgIpc) is 2.81. The number of thioether (sulfide) groups is 1. The highest BCUT2D eigenvalue weighted by Gasteiger charge is 2.25. The van der Waals surface area contributed by atoms with Gasteiger partial charge < -0.3 is 5.32 Å². The Balaban J connectivity index is 2.30. The first-order chi connectivity index (χ1) is 8.53. The molecule has 8 heteroatoms. The van der Waals surface area contributed by atoms with E-state index in [1.807, 2.05) is 0 Å². The number of nitrogens with zero attached hydrogens (tertiary/aromatic N) is 1. The lowest BCUT2D eigenvalue weighted by atomic mass is 10.3. The Morgan fingerprint density at radius 1 is 1.56 bits per heavy atom. The van der Waals surface area contributed by atoms with Crippen LogP contribution >= 0.6 is 27.7 Å². The van der Waals surface area contributed by atoms with Gasteiger partial charge >= 0.3 is 0 Å². The predicted octanol–water partition coefficient (Wildman–Crippen LogP) is 1.67. The molecule has 1 fully saturated rings. The standard InChI is InChI=1S/C10H14BrN3O2S2/c1-12-10-9(4-7(11)5-13-10)18(15,16)14-8-2-3-17-6-8/h4-5,8,14H,2-3,6H2,1H3,(H,12,13). The molecule has 2 rings (SSSR count). The van der Waals surface area contributed by atoms with Crippen LogP contribution in [-0.4, -0.2) is 38.0 Å². The molecule has 0 aromatic carbocycles. The summed E-state index contributed by atoms with van der Waals surface area (Å²) < 4.78 is 28.0. The first kappa shape index (κ1) is 14.1. The quantitative estimate of drug-likeness (QED) is 0.863. The summed E-state index contributed by atoms with van der Waals surface area (Å²) in [4.78, 5) is 4.23. The van der Waals surface area contributed by atoms with Crippen molar-refractivity contribution in [3.63, 3.8) is 0 Å². The zero-order valence-corrected chi connectivity index (χ0v) is 13.0. The molecule has 0 saturated carbocycles. The Labute approximate surface area is 119 Å². The second-order valence-corrected chi connectivity index (χ2v) is 7.68. The number of hydrogen-bond donors (Lipinski definition) is 2. The maximum Gasteiger partial charge on any atom is 0.244 e. The van der Waals surface area contributed by atoms with Gasteiger partial charge in [0.25, 0.3) is 0 Å². The minimum absolute atomic E-state index is 0.0173. The van der Waals surface area contributed by atoms with Crippen molar-refractivity contribution in [1.82, 2.24) is 9.71 Å². The molecule has 5 nitrogen and oxygen atoms in total. The van der Waals surface area contributed by atoms with E-state index in [0.29, 0.717) is 10.3 Å². The second kappa shape index (κ2) is 5.77. The Kier molecular flexibility index (Phi) is 4.52. The van der Waals surface area contributed by atoms with Crippen molar-refractivity contribution in [2.45, 2.75) is 17.4 Å². The number of anilines is 1. The third kappa shape index (κ3) is 3.17. The topological polar surface area (TPSA) is 71.1 Å². The highest BCUT2D eigenvalue weighted by atomic mass is 79.9.